The van der Waals surface area contributed by atoms with Crippen molar-refractivity contribution in [3.8, 4) is 0 Å². The molecule has 1 amide bonds. The second kappa shape index (κ2) is 7.11. The van der Waals surface area contributed by atoms with Crippen LogP contribution in [0.5, 0.6) is 0 Å². The highest BCUT2D eigenvalue weighted by molar-refractivity contribution is 5.88. The molecule has 0 spiro atoms. The molecule has 0 aromatic carbocycles. The van der Waals surface area contributed by atoms with E-state index in [9.17, 15) is 9.90 Å². The van der Waals surface area contributed by atoms with Gasteiger partial charge in [-0.05, 0) is 33.6 Å². The quantitative estimate of drug-likeness (QED) is 0.830. The van der Waals surface area contributed by atoms with E-state index in [-0.39, 0.29) is 18.2 Å². The highest BCUT2D eigenvalue weighted by Gasteiger charge is 2.30. The van der Waals surface area contributed by atoms with Crippen LogP contribution in [0.15, 0.2) is 4.99 Å². The third-order valence-corrected chi connectivity index (χ3v) is 3.73. The summed E-state index contributed by atoms with van der Waals surface area (Å²) in [6.07, 6.45) is 1.27. The van der Waals surface area contributed by atoms with Crippen molar-refractivity contribution >= 4 is 11.9 Å². The molecule has 1 heterocycles. The molecule has 1 aliphatic rings. The third-order valence-electron chi connectivity index (χ3n) is 3.73. The molecule has 122 valence electrons. The molecule has 0 radical (unpaired) electrons. The van der Waals surface area contributed by atoms with Gasteiger partial charge in [0.15, 0.2) is 0 Å². The van der Waals surface area contributed by atoms with Crippen LogP contribution in [0.1, 0.15) is 47.5 Å². The molecule has 0 unspecified atom stereocenters. The van der Waals surface area contributed by atoms with Gasteiger partial charge in [-0.25, -0.2) is 4.79 Å². The van der Waals surface area contributed by atoms with E-state index in [2.05, 4.69) is 10.3 Å². The molecule has 0 fully saturated rings. The number of amides is 1. The second-order valence-corrected chi connectivity index (χ2v) is 6.50. The summed E-state index contributed by atoms with van der Waals surface area (Å²) >= 11 is 0. The average Bonchev–Trinajstić information content (AvgIpc) is 2.43. The van der Waals surface area contributed by atoms with E-state index in [4.69, 9.17) is 4.74 Å². The van der Waals surface area contributed by atoms with Crippen LogP contribution in [0.25, 0.3) is 0 Å². The Labute approximate surface area is 127 Å². The Morgan fingerprint density at radius 3 is 2.48 bits per heavy atom. The number of carbonyl (C=O) groups is 1. The number of nitrogens with zero attached hydrogens (tertiary/aromatic N) is 2. The molecule has 0 bridgehead atoms. The first-order valence-electron chi connectivity index (χ1n) is 7.65. The van der Waals surface area contributed by atoms with Gasteiger partial charge in [0, 0.05) is 6.54 Å². The maximum absolute atomic E-state index is 12.1. The lowest BCUT2D eigenvalue weighted by Gasteiger charge is -2.36. The van der Waals surface area contributed by atoms with Gasteiger partial charge in [0.05, 0.1) is 25.2 Å². The van der Waals surface area contributed by atoms with Gasteiger partial charge in [0.25, 0.3) is 0 Å². The number of aliphatic hydroxyl groups excluding tert-OH is 1. The minimum absolute atomic E-state index is 0.0471. The van der Waals surface area contributed by atoms with Crippen LogP contribution in [0.3, 0.4) is 0 Å². The average molecular weight is 299 g/mol. The zero-order valence-corrected chi connectivity index (χ0v) is 13.9. The Bertz CT molecular complexity index is 376. The molecule has 1 rings (SSSR count). The SMILES string of the molecule is CCC(CC)(CO)NC1=NCCN(C(=O)OC(C)(C)C)C1. The predicted octanol–water partition coefficient (Wildman–Crippen LogP) is 1.78. The maximum atomic E-state index is 12.1. The molecular weight excluding hydrogens is 270 g/mol. The lowest BCUT2D eigenvalue weighted by Crippen LogP contribution is -2.55. The highest BCUT2D eigenvalue weighted by Crippen LogP contribution is 2.16. The first kappa shape index (κ1) is 17.8. The van der Waals surface area contributed by atoms with Crippen molar-refractivity contribution in [3.05, 3.63) is 0 Å². The fourth-order valence-electron chi connectivity index (χ4n) is 2.17. The zero-order valence-electron chi connectivity index (χ0n) is 13.9. The molecule has 0 aromatic rings. The smallest absolute Gasteiger partial charge is 0.410 e. The fourth-order valence-corrected chi connectivity index (χ4v) is 2.17. The van der Waals surface area contributed by atoms with Gasteiger partial charge in [0.2, 0.25) is 0 Å². The van der Waals surface area contributed by atoms with Crippen molar-refractivity contribution in [1.29, 1.82) is 0 Å². The van der Waals surface area contributed by atoms with Gasteiger partial charge in [-0.3, -0.25) is 9.89 Å². The summed E-state index contributed by atoms with van der Waals surface area (Å²) in [4.78, 5) is 18.2. The number of aliphatic imine (C=N–C) groups is 1. The van der Waals surface area contributed by atoms with Gasteiger partial charge in [0.1, 0.15) is 11.4 Å². The van der Waals surface area contributed by atoms with Crippen molar-refractivity contribution < 1.29 is 14.6 Å². The van der Waals surface area contributed by atoms with Gasteiger partial charge in [-0.2, -0.15) is 0 Å². The minimum atomic E-state index is -0.499. The van der Waals surface area contributed by atoms with Crippen LogP contribution in [-0.2, 0) is 4.74 Å². The first-order chi connectivity index (χ1) is 9.75. The number of carbonyl (C=O) groups excluding carboxylic acids is 1. The van der Waals surface area contributed by atoms with Crippen LogP contribution in [0.2, 0.25) is 0 Å². The first-order valence-corrected chi connectivity index (χ1v) is 7.65. The minimum Gasteiger partial charge on any atom is -0.444 e. The lowest BCUT2D eigenvalue weighted by atomic mass is 9.93. The molecule has 21 heavy (non-hydrogen) atoms. The van der Waals surface area contributed by atoms with Crippen molar-refractivity contribution in [3.63, 3.8) is 0 Å². The molecule has 6 nitrogen and oxygen atoms in total. The van der Waals surface area contributed by atoms with E-state index < -0.39 is 5.60 Å². The van der Waals surface area contributed by atoms with Crippen LogP contribution < -0.4 is 5.32 Å². The number of ether oxygens (including phenoxy) is 1. The number of rotatable bonds is 4. The second-order valence-electron chi connectivity index (χ2n) is 6.50. The molecule has 0 atom stereocenters. The molecule has 6 heteroatoms. The van der Waals surface area contributed by atoms with E-state index in [1.165, 1.54) is 0 Å². The fraction of sp³-hybridized carbons (Fsp3) is 0.867. The van der Waals surface area contributed by atoms with Gasteiger partial charge in [-0.15, -0.1) is 0 Å². The van der Waals surface area contributed by atoms with E-state index in [1.807, 2.05) is 34.6 Å². The Kier molecular flexibility index (Phi) is 6.01. The molecule has 0 aromatic heterocycles. The zero-order chi connectivity index (χ0) is 16.1. The van der Waals surface area contributed by atoms with E-state index in [0.717, 1.165) is 18.7 Å². The number of hydrogen-bond acceptors (Lipinski definition) is 5. The number of hydrogen-bond donors (Lipinski definition) is 2. The molecule has 0 aliphatic carbocycles. The van der Waals surface area contributed by atoms with Crippen molar-refractivity contribution in [2.75, 3.05) is 26.2 Å². The summed E-state index contributed by atoms with van der Waals surface area (Å²) in [5.74, 6) is 0.741. The summed E-state index contributed by atoms with van der Waals surface area (Å²) in [5.41, 5.74) is -0.864. The van der Waals surface area contributed by atoms with Gasteiger partial charge in [-0.1, -0.05) is 13.8 Å². The van der Waals surface area contributed by atoms with Crippen LogP contribution in [0.4, 0.5) is 4.79 Å². The van der Waals surface area contributed by atoms with Crippen LogP contribution >= 0.6 is 0 Å². The number of aliphatic hydroxyl groups is 1. The summed E-state index contributed by atoms with van der Waals surface area (Å²) in [6, 6.07) is 0. The largest absolute Gasteiger partial charge is 0.444 e. The van der Waals surface area contributed by atoms with E-state index >= 15 is 0 Å². The third kappa shape index (κ3) is 5.19. The van der Waals surface area contributed by atoms with Crippen molar-refractivity contribution in [2.45, 2.75) is 58.6 Å². The Morgan fingerprint density at radius 1 is 1.38 bits per heavy atom. The highest BCUT2D eigenvalue weighted by atomic mass is 16.6. The summed E-state index contributed by atoms with van der Waals surface area (Å²) in [6.45, 7) is 11.2. The van der Waals surface area contributed by atoms with Crippen molar-refractivity contribution in [2.24, 2.45) is 4.99 Å². The Balaban J connectivity index is 2.68. The molecule has 2 N–H and O–H groups in total. The topological polar surface area (TPSA) is 74.2 Å². The predicted molar refractivity (Wildman–Crippen MR) is 83.6 cm³/mol. The summed E-state index contributed by atoms with van der Waals surface area (Å²) in [5, 5.41) is 12.9. The lowest BCUT2D eigenvalue weighted by molar-refractivity contribution is 0.0274. The van der Waals surface area contributed by atoms with Crippen LogP contribution in [-0.4, -0.2) is 59.3 Å². The van der Waals surface area contributed by atoms with Crippen LogP contribution in [0, 0.1) is 0 Å². The molecule has 0 saturated carbocycles. The standard InChI is InChI=1S/C15H29N3O3/c1-6-15(7-2,11-19)17-12-10-18(9-8-16-12)13(20)21-14(3,4)5/h19H,6-11H2,1-5H3,(H,16,17). The number of nitrogens with one attached hydrogen (secondary N) is 1. The Morgan fingerprint density at radius 2 is 2.00 bits per heavy atom. The van der Waals surface area contributed by atoms with Crippen molar-refractivity contribution in [1.82, 2.24) is 10.2 Å². The number of amidine groups is 1. The van der Waals surface area contributed by atoms with Gasteiger partial charge < -0.3 is 15.2 Å². The molecule has 0 saturated heterocycles. The Hall–Kier alpha value is -1.30. The van der Waals surface area contributed by atoms with E-state index in [1.54, 1.807) is 4.90 Å². The summed E-state index contributed by atoms with van der Waals surface area (Å²) < 4.78 is 5.39. The monoisotopic (exact) mass is 299 g/mol. The normalized spacial score (nSPS) is 16.5. The maximum Gasteiger partial charge on any atom is 0.410 e. The summed E-state index contributed by atoms with van der Waals surface area (Å²) in [7, 11) is 0. The van der Waals surface area contributed by atoms with Gasteiger partial charge >= 0.3 is 6.09 Å². The molecular formula is C15H29N3O3. The van der Waals surface area contributed by atoms with E-state index in [0.29, 0.717) is 19.6 Å². The molecule has 1 aliphatic heterocycles.